The number of ketones is 1. The minimum atomic E-state index is -0.485. The summed E-state index contributed by atoms with van der Waals surface area (Å²) in [7, 11) is 0. The first kappa shape index (κ1) is 23.3. The van der Waals surface area contributed by atoms with Gasteiger partial charge in [0.1, 0.15) is 0 Å². The number of carbonyl (C=O) groups is 2. The molecule has 0 aromatic carbocycles. The van der Waals surface area contributed by atoms with E-state index < -0.39 is 5.79 Å². The molecule has 4 aliphatic carbocycles. The van der Waals surface area contributed by atoms with Gasteiger partial charge in [0, 0.05) is 24.8 Å². The van der Waals surface area contributed by atoms with E-state index in [9.17, 15) is 9.59 Å². The van der Waals surface area contributed by atoms with Crippen LogP contribution >= 0.6 is 0 Å². The minimum absolute atomic E-state index is 0.0774. The maximum Gasteiger partial charge on any atom is 0.330 e. The summed E-state index contributed by atoms with van der Waals surface area (Å²) in [6.07, 6.45) is 12.9. The molecule has 3 saturated carbocycles. The molecule has 5 heteroatoms. The first-order valence-corrected chi connectivity index (χ1v) is 13.1. The lowest BCUT2D eigenvalue weighted by molar-refractivity contribution is -0.185. The molecule has 182 valence electrons. The highest BCUT2D eigenvalue weighted by Gasteiger charge is 2.62. The van der Waals surface area contributed by atoms with Gasteiger partial charge in [-0.25, -0.2) is 4.79 Å². The third-order valence-corrected chi connectivity index (χ3v) is 10.3. The van der Waals surface area contributed by atoms with Gasteiger partial charge in [0.2, 0.25) is 0 Å². The molecule has 1 saturated heterocycles. The van der Waals surface area contributed by atoms with Crippen molar-refractivity contribution in [1.82, 2.24) is 0 Å². The fourth-order valence-corrected chi connectivity index (χ4v) is 8.55. The van der Waals surface area contributed by atoms with E-state index in [0.29, 0.717) is 49.3 Å². The van der Waals surface area contributed by atoms with E-state index in [4.69, 9.17) is 14.2 Å². The van der Waals surface area contributed by atoms with Crippen molar-refractivity contribution in [2.24, 2.45) is 40.4 Å². The Morgan fingerprint density at radius 2 is 1.91 bits per heavy atom. The zero-order chi connectivity index (χ0) is 23.4. The summed E-state index contributed by atoms with van der Waals surface area (Å²) in [5.74, 6) is 1.37. The number of hydrogen-bond donors (Lipinski definition) is 0. The van der Waals surface area contributed by atoms with E-state index in [0.717, 1.165) is 44.9 Å². The summed E-state index contributed by atoms with van der Waals surface area (Å²) in [4.78, 5) is 25.5. The van der Waals surface area contributed by atoms with Gasteiger partial charge in [0.25, 0.3) is 0 Å². The molecule has 1 heterocycles. The van der Waals surface area contributed by atoms with Crippen LogP contribution in [0.15, 0.2) is 23.8 Å². The minimum Gasteiger partial charge on any atom is -0.463 e. The Bertz CT molecular complexity index is 868. The van der Waals surface area contributed by atoms with Crippen molar-refractivity contribution < 1.29 is 23.8 Å². The summed E-state index contributed by atoms with van der Waals surface area (Å²) < 4.78 is 17.1. The molecule has 0 aromatic rings. The number of esters is 1. The van der Waals surface area contributed by atoms with Crippen LogP contribution in [0.1, 0.15) is 72.6 Å². The van der Waals surface area contributed by atoms with Gasteiger partial charge in [-0.2, -0.15) is 0 Å². The van der Waals surface area contributed by atoms with Crippen molar-refractivity contribution in [2.45, 2.75) is 78.4 Å². The van der Waals surface area contributed by atoms with Gasteiger partial charge in [-0.15, -0.1) is 0 Å². The summed E-state index contributed by atoms with van der Waals surface area (Å²) in [5.41, 5.74) is 1.49. The highest BCUT2D eigenvalue weighted by Crippen LogP contribution is 2.67. The third kappa shape index (κ3) is 3.65. The van der Waals surface area contributed by atoms with Crippen molar-refractivity contribution >= 4 is 11.8 Å². The predicted molar refractivity (Wildman–Crippen MR) is 125 cm³/mol. The molecule has 1 spiro atoms. The van der Waals surface area contributed by atoms with Crippen LogP contribution in [0.25, 0.3) is 0 Å². The summed E-state index contributed by atoms with van der Waals surface area (Å²) in [5, 5.41) is 0. The highest BCUT2D eigenvalue weighted by molar-refractivity contribution is 5.94. The molecule has 7 atom stereocenters. The van der Waals surface area contributed by atoms with Crippen molar-refractivity contribution in [1.29, 1.82) is 0 Å². The van der Waals surface area contributed by atoms with Gasteiger partial charge in [0.05, 0.1) is 19.8 Å². The average Bonchev–Trinajstić information content (AvgIpc) is 3.38. The fourth-order valence-electron chi connectivity index (χ4n) is 8.55. The van der Waals surface area contributed by atoms with E-state index in [1.54, 1.807) is 6.08 Å². The summed E-state index contributed by atoms with van der Waals surface area (Å²) in [6, 6.07) is 0. The van der Waals surface area contributed by atoms with Crippen LogP contribution in [0.2, 0.25) is 0 Å². The van der Waals surface area contributed by atoms with E-state index >= 15 is 0 Å². The molecule has 0 radical (unpaired) electrons. The second kappa shape index (κ2) is 8.34. The van der Waals surface area contributed by atoms with Gasteiger partial charge < -0.3 is 14.2 Å². The van der Waals surface area contributed by atoms with E-state index in [2.05, 4.69) is 20.8 Å². The molecular formula is C28H40O5. The monoisotopic (exact) mass is 456 g/mol. The van der Waals surface area contributed by atoms with Crippen LogP contribution < -0.4 is 0 Å². The molecule has 33 heavy (non-hydrogen) atoms. The Morgan fingerprint density at radius 3 is 2.64 bits per heavy atom. The Labute approximate surface area is 198 Å². The fraction of sp³-hybridized carbons (Fsp3) is 0.786. The van der Waals surface area contributed by atoms with E-state index in [1.165, 1.54) is 5.57 Å². The lowest BCUT2D eigenvalue weighted by Gasteiger charge is -2.58. The van der Waals surface area contributed by atoms with Gasteiger partial charge in [-0.1, -0.05) is 32.4 Å². The maximum atomic E-state index is 13.6. The molecule has 4 fully saturated rings. The zero-order valence-electron chi connectivity index (χ0n) is 20.7. The number of carbonyl (C=O) groups excluding carboxylic acids is 2. The molecule has 0 amide bonds. The molecule has 0 N–H and O–H groups in total. The lowest BCUT2D eigenvalue weighted by Crippen LogP contribution is -2.55. The molecular weight excluding hydrogens is 416 g/mol. The quantitative estimate of drug-likeness (QED) is 0.427. The molecule has 5 aliphatic rings. The molecule has 5 rings (SSSR count). The second-order valence-electron chi connectivity index (χ2n) is 11.7. The molecule has 0 bridgehead atoms. The van der Waals surface area contributed by atoms with Gasteiger partial charge >= 0.3 is 5.97 Å². The summed E-state index contributed by atoms with van der Waals surface area (Å²) in [6.45, 7) is 10.6. The number of ether oxygens (including phenoxy) is 3. The first-order valence-electron chi connectivity index (χ1n) is 13.1. The van der Waals surface area contributed by atoms with Crippen LogP contribution in [0.4, 0.5) is 0 Å². The largest absolute Gasteiger partial charge is 0.463 e. The molecule has 1 aliphatic heterocycles. The smallest absolute Gasteiger partial charge is 0.330 e. The number of hydrogen-bond acceptors (Lipinski definition) is 5. The second-order valence-corrected chi connectivity index (χ2v) is 11.7. The van der Waals surface area contributed by atoms with Gasteiger partial charge in [0.15, 0.2) is 11.6 Å². The predicted octanol–water partition coefficient (Wildman–Crippen LogP) is 5.24. The number of rotatable bonds is 4. The van der Waals surface area contributed by atoms with Crippen molar-refractivity contribution in [3.05, 3.63) is 23.8 Å². The highest BCUT2D eigenvalue weighted by atomic mass is 16.7. The summed E-state index contributed by atoms with van der Waals surface area (Å²) >= 11 is 0. The Hall–Kier alpha value is -1.46. The Morgan fingerprint density at radius 1 is 1.15 bits per heavy atom. The number of fused-ring (bicyclic) bond motifs is 5. The lowest BCUT2D eigenvalue weighted by atomic mass is 9.46. The average molecular weight is 457 g/mol. The van der Waals surface area contributed by atoms with Crippen LogP contribution in [-0.2, 0) is 23.8 Å². The van der Waals surface area contributed by atoms with Crippen molar-refractivity contribution in [3.63, 3.8) is 0 Å². The first-order chi connectivity index (χ1) is 15.7. The van der Waals surface area contributed by atoms with E-state index in [-0.39, 0.29) is 22.7 Å². The molecule has 5 nitrogen and oxygen atoms in total. The SMILES string of the molecule is CCOC(=O)/C=C/[C@@H](C)C1CCC2C3C(=O)C=C4CC5(CC[C@]4(C)C3CC[C@@]21C)OCCO5. The zero-order valence-corrected chi connectivity index (χ0v) is 20.7. The maximum absolute atomic E-state index is 13.6. The third-order valence-electron chi connectivity index (χ3n) is 10.3. The van der Waals surface area contributed by atoms with Crippen LogP contribution in [0.5, 0.6) is 0 Å². The Balaban J connectivity index is 1.38. The van der Waals surface area contributed by atoms with Crippen LogP contribution in [0.3, 0.4) is 0 Å². The van der Waals surface area contributed by atoms with Crippen molar-refractivity contribution in [2.75, 3.05) is 19.8 Å². The van der Waals surface area contributed by atoms with Crippen LogP contribution in [0, 0.1) is 40.4 Å². The Kier molecular flexibility index (Phi) is 5.88. The van der Waals surface area contributed by atoms with Crippen LogP contribution in [-0.4, -0.2) is 37.4 Å². The molecule has 0 aromatic heterocycles. The standard InChI is InChI=1S/C28H40O5/c1-5-31-24(30)9-6-18(2)20-7-8-21-25-22(10-11-27(20,21)4)26(3)12-13-28(32-14-15-33-28)17-19(26)16-23(25)29/h6,9,16,18,20-22,25H,5,7-8,10-15,17H2,1-4H3/b9-6+/t18-,20?,21?,22?,25?,26+,27-/m1/s1. The number of allylic oxidation sites excluding steroid dienone is 2. The van der Waals surface area contributed by atoms with E-state index in [1.807, 2.05) is 19.1 Å². The normalized spacial score (nSPS) is 42.5. The topological polar surface area (TPSA) is 61.8 Å². The van der Waals surface area contributed by atoms with Gasteiger partial charge in [-0.3, -0.25) is 4.79 Å². The van der Waals surface area contributed by atoms with Gasteiger partial charge in [-0.05, 0) is 79.6 Å². The van der Waals surface area contributed by atoms with Crippen molar-refractivity contribution in [3.8, 4) is 0 Å². The molecule has 4 unspecified atom stereocenters.